The van der Waals surface area contributed by atoms with E-state index in [1.165, 1.54) is 12.1 Å². The van der Waals surface area contributed by atoms with E-state index in [0.29, 0.717) is 24.3 Å². The molecule has 2 nitrogen and oxygen atoms in total. The van der Waals surface area contributed by atoms with E-state index in [2.05, 4.69) is 0 Å². The van der Waals surface area contributed by atoms with Gasteiger partial charge in [0.1, 0.15) is 29.0 Å². The molecular weight excluding hydrogens is 465 g/mol. The van der Waals surface area contributed by atoms with Crippen molar-refractivity contribution in [1.82, 2.24) is 0 Å². The Balaban J connectivity index is 1.87. The first-order valence-electron chi connectivity index (χ1n) is 10.0. The van der Waals surface area contributed by atoms with Crippen LogP contribution in [0, 0.1) is 23.3 Å². The molecule has 0 aromatic heterocycles. The fraction of sp³-hybridized carbons (Fsp3) is 0.160. The van der Waals surface area contributed by atoms with Gasteiger partial charge in [0.25, 0.3) is 0 Å². The van der Waals surface area contributed by atoms with Crippen LogP contribution in [-0.2, 0) is 6.42 Å². The van der Waals surface area contributed by atoms with Gasteiger partial charge < -0.3 is 4.74 Å². The van der Waals surface area contributed by atoms with Crippen molar-refractivity contribution in [2.24, 2.45) is 0 Å². The van der Waals surface area contributed by atoms with Crippen LogP contribution in [0.2, 0.25) is 0 Å². The van der Waals surface area contributed by atoms with E-state index < -0.39 is 57.9 Å². The summed E-state index contributed by atoms with van der Waals surface area (Å²) in [7, 11) is 0. The van der Waals surface area contributed by atoms with Gasteiger partial charge in [0.15, 0.2) is 0 Å². The molecule has 0 amide bonds. The fourth-order valence-corrected chi connectivity index (χ4v) is 3.21. The molecule has 0 atom stereocenters. The van der Waals surface area contributed by atoms with Gasteiger partial charge in [0.2, 0.25) is 0 Å². The lowest BCUT2D eigenvalue weighted by Crippen LogP contribution is -2.09. The quantitative estimate of drug-likeness (QED) is 0.205. The number of rotatable bonds is 6. The number of alkyl halides is 3. The van der Waals surface area contributed by atoms with E-state index in [0.717, 1.165) is 18.4 Å². The lowest BCUT2D eigenvalue weighted by atomic mass is 10.0. The molecule has 0 N–H and O–H groups in total. The summed E-state index contributed by atoms with van der Waals surface area (Å²) in [5.74, 6) is -6.83. The summed E-state index contributed by atoms with van der Waals surface area (Å²) in [6.07, 6.45) is -3.27. The molecule has 0 saturated carbocycles. The molecule has 34 heavy (non-hydrogen) atoms. The molecule has 3 aromatic carbocycles. The van der Waals surface area contributed by atoms with Gasteiger partial charge in [-0.3, -0.25) is 0 Å². The maximum Gasteiger partial charge on any atom is 0.409 e. The monoisotopic (exact) mass is 482 g/mol. The van der Waals surface area contributed by atoms with Crippen molar-refractivity contribution < 1.29 is 40.3 Å². The zero-order valence-corrected chi connectivity index (χ0v) is 17.6. The Kier molecular flexibility index (Phi) is 7.44. The van der Waals surface area contributed by atoms with E-state index in [-0.39, 0.29) is 17.7 Å². The van der Waals surface area contributed by atoms with E-state index in [1.807, 2.05) is 6.92 Å². The van der Waals surface area contributed by atoms with Crippen LogP contribution < -0.4 is 4.74 Å². The Hall–Kier alpha value is -3.62. The summed E-state index contributed by atoms with van der Waals surface area (Å²) in [5, 5.41) is 0. The van der Waals surface area contributed by atoms with Crippen LogP contribution in [0.4, 0.5) is 30.7 Å². The molecule has 0 spiro atoms. The maximum absolute atomic E-state index is 14.6. The topological polar surface area (TPSA) is 26.3 Å². The summed E-state index contributed by atoms with van der Waals surface area (Å²) < 4.78 is 99.4. The van der Waals surface area contributed by atoms with Crippen molar-refractivity contribution in [1.29, 1.82) is 0 Å². The van der Waals surface area contributed by atoms with Crippen LogP contribution in [-0.4, -0.2) is 12.1 Å². The number of benzene rings is 3. The molecule has 0 saturated heterocycles. The molecule has 0 fully saturated rings. The standard InChI is InChI=1S/C25H17F7O2/c1-2-3-14-4-6-15(7-5-14)24(33)34-17-12-21(28)23(22(29)13-17)16-10-19(26)18(20(27)11-16)8-9-25(30,31)32/h4-13H,2-3H2,1H3/b9-8+. The average molecular weight is 482 g/mol. The Morgan fingerprint density at radius 2 is 1.44 bits per heavy atom. The fourth-order valence-electron chi connectivity index (χ4n) is 3.21. The molecule has 0 unspecified atom stereocenters. The van der Waals surface area contributed by atoms with Gasteiger partial charge in [-0.1, -0.05) is 25.5 Å². The van der Waals surface area contributed by atoms with Crippen LogP contribution in [0.1, 0.15) is 34.8 Å². The number of hydrogen-bond donors (Lipinski definition) is 0. The first-order chi connectivity index (χ1) is 16.0. The highest BCUT2D eigenvalue weighted by molar-refractivity contribution is 5.91. The van der Waals surface area contributed by atoms with Crippen molar-refractivity contribution in [3.05, 3.63) is 94.6 Å². The summed E-state index contributed by atoms with van der Waals surface area (Å²) in [6.45, 7) is 2.00. The Morgan fingerprint density at radius 3 is 1.94 bits per heavy atom. The molecular formula is C25H17F7O2. The van der Waals surface area contributed by atoms with Crippen molar-refractivity contribution in [3.8, 4) is 16.9 Å². The molecule has 9 heteroatoms. The number of carbonyl (C=O) groups excluding carboxylic acids is 1. The second-order valence-electron chi connectivity index (χ2n) is 7.33. The van der Waals surface area contributed by atoms with Gasteiger partial charge in [0.05, 0.1) is 11.1 Å². The number of aryl methyl sites for hydroxylation is 1. The molecule has 178 valence electrons. The van der Waals surface area contributed by atoms with E-state index in [4.69, 9.17) is 4.74 Å². The highest BCUT2D eigenvalue weighted by Gasteiger charge is 2.24. The summed E-state index contributed by atoms with van der Waals surface area (Å²) in [4.78, 5) is 12.3. The van der Waals surface area contributed by atoms with Crippen molar-refractivity contribution in [2.75, 3.05) is 0 Å². The molecule has 0 radical (unpaired) electrons. The molecule has 3 rings (SSSR count). The van der Waals surface area contributed by atoms with Crippen LogP contribution in [0.3, 0.4) is 0 Å². The Morgan fingerprint density at radius 1 is 0.882 bits per heavy atom. The van der Waals surface area contributed by atoms with Crippen LogP contribution in [0.15, 0.2) is 54.6 Å². The van der Waals surface area contributed by atoms with Crippen molar-refractivity contribution in [2.45, 2.75) is 25.9 Å². The number of hydrogen-bond acceptors (Lipinski definition) is 2. The number of esters is 1. The Bertz CT molecular complexity index is 1180. The predicted molar refractivity (Wildman–Crippen MR) is 112 cm³/mol. The molecule has 0 aliphatic rings. The van der Waals surface area contributed by atoms with Gasteiger partial charge in [0, 0.05) is 23.8 Å². The summed E-state index contributed by atoms with van der Waals surface area (Å²) >= 11 is 0. The first-order valence-corrected chi connectivity index (χ1v) is 10.0. The second kappa shape index (κ2) is 10.1. The number of allylic oxidation sites excluding steroid dienone is 1. The van der Waals surface area contributed by atoms with Crippen LogP contribution >= 0.6 is 0 Å². The average Bonchev–Trinajstić information content (AvgIpc) is 2.72. The summed E-state index contributed by atoms with van der Waals surface area (Å²) in [6, 6.07) is 8.80. The second-order valence-corrected chi connectivity index (χ2v) is 7.33. The molecule has 0 bridgehead atoms. The molecule has 3 aromatic rings. The van der Waals surface area contributed by atoms with Gasteiger partial charge >= 0.3 is 12.1 Å². The summed E-state index contributed by atoms with van der Waals surface area (Å²) in [5.41, 5.74) is -1.29. The minimum absolute atomic E-state index is 0.149. The largest absolute Gasteiger partial charge is 0.423 e. The van der Waals surface area contributed by atoms with Crippen LogP contribution in [0.25, 0.3) is 17.2 Å². The van der Waals surface area contributed by atoms with Gasteiger partial charge in [-0.25, -0.2) is 22.4 Å². The zero-order chi connectivity index (χ0) is 25.0. The highest BCUT2D eigenvalue weighted by Crippen LogP contribution is 2.33. The van der Waals surface area contributed by atoms with Crippen LogP contribution in [0.5, 0.6) is 5.75 Å². The number of ether oxygens (including phenoxy) is 1. The Labute approximate surface area is 190 Å². The lowest BCUT2D eigenvalue weighted by molar-refractivity contribution is -0.0790. The molecule has 0 aliphatic carbocycles. The molecule has 0 aliphatic heterocycles. The van der Waals surface area contributed by atoms with Crippen molar-refractivity contribution in [3.63, 3.8) is 0 Å². The lowest BCUT2D eigenvalue weighted by Gasteiger charge is -2.11. The van der Waals surface area contributed by atoms with Gasteiger partial charge in [-0.2, -0.15) is 13.2 Å². The third kappa shape index (κ3) is 6.03. The third-order valence-electron chi connectivity index (χ3n) is 4.76. The maximum atomic E-state index is 14.6. The van der Waals surface area contributed by atoms with E-state index in [1.54, 1.807) is 12.1 Å². The van der Waals surface area contributed by atoms with E-state index >= 15 is 0 Å². The van der Waals surface area contributed by atoms with E-state index in [9.17, 15) is 35.5 Å². The predicted octanol–water partition coefficient (Wildman–Crippen LogP) is 7.66. The number of carbonyl (C=O) groups is 1. The van der Waals surface area contributed by atoms with Gasteiger partial charge in [-0.05, 0) is 47.9 Å². The van der Waals surface area contributed by atoms with Gasteiger partial charge in [-0.15, -0.1) is 0 Å². The zero-order valence-electron chi connectivity index (χ0n) is 17.6. The van der Waals surface area contributed by atoms with Crippen molar-refractivity contribution >= 4 is 12.0 Å². The highest BCUT2D eigenvalue weighted by atomic mass is 19.4. The smallest absolute Gasteiger partial charge is 0.409 e. The number of halogens is 7. The minimum Gasteiger partial charge on any atom is -0.423 e. The normalized spacial score (nSPS) is 11.8. The minimum atomic E-state index is -4.80. The third-order valence-corrected chi connectivity index (χ3v) is 4.76. The SMILES string of the molecule is CCCc1ccc(C(=O)Oc2cc(F)c(-c3cc(F)c(/C=C/C(F)(F)F)c(F)c3)c(F)c2)cc1. The first kappa shape index (κ1) is 25.0. The molecule has 0 heterocycles.